The molecule has 0 aliphatic carbocycles. The van der Waals surface area contributed by atoms with E-state index in [-0.39, 0.29) is 16.4 Å². The quantitative estimate of drug-likeness (QED) is 0.0885. The summed E-state index contributed by atoms with van der Waals surface area (Å²) in [5, 5.41) is 12.3. The van der Waals surface area contributed by atoms with Crippen LogP contribution in [0.25, 0.3) is 6.08 Å². The molecule has 2 amide bonds. The summed E-state index contributed by atoms with van der Waals surface area (Å²) in [6, 6.07) is 32.8. The Morgan fingerprint density at radius 3 is 1.77 bits per heavy atom. The van der Waals surface area contributed by atoms with E-state index >= 15 is 0 Å². The highest BCUT2D eigenvalue weighted by Crippen LogP contribution is 2.33. The van der Waals surface area contributed by atoms with Crippen LogP contribution in [0.1, 0.15) is 11.1 Å². The van der Waals surface area contributed by atoms with Gasteiger partial charge in [-0.2, -0.15) is 0 Å². The van der Waals surface area contributed by atoms with E-state index in [1.165, 1.54) is 27.5 Å². The average Bonchev–Trinajstić information content (AvgIpc) is 3.05. The van der Waals surface area contributed by atoms with Crippen LogP contribution in [0.4, 0.5) is 22.7 Å². The lowest BCUT2D eigenvalue weighted by Crippen LogP contribution is -2.56. The maximum Gasteiger partial charge on any atom is 0.293 e. The van der Waals surface area contributed by atoms with Crippen molar-refractivity contribution in [3.05, 3.63) is 136 Å². The summed E-state index contributed by atoms with van der Waals surface area (Å²) in [6.07, 6.45) is 1.41. The number of piperazine rings is 1. The molecule has 2 heterocycles. The molecule has 0 spiro atoms. The second kappa shape index (κ2) is 12.6. The van der Waals surface area contributed by atoms with E-state index in [1.807, 2.05) is 35.2 Å². The van der Waals surface area contributed by atoms with Gasteiger partial charge in [-0.05, 0) is 59.8 Å². The molecule has 0 bridgehead atoms. The highest BCUT2D eigenvalue weighted by molar-refractivity contribution is 7.81. The van der Waals surface area contributed by atoms with Crippen LogP contribution >= 0.6 is 12.2 Å². The molecule has 0 unspecified atom stereocenters. The lowest BCUT2D eigenvalue weighted by Gasteiger charge is -2.36. The number of benzene rings is 4. The summed E-state index contributed by atoms with van der Waals surface area (Å²) >= 11 is 5.66. The maximum atomic E-state index is 13.8. The molecule has 10 heteroatoms. The van der Waals surface area contributed by atoms with E-state index in [1.54, 1.807) is 60.7 Å². The number of hydrogen-bond donors (Lipinski definition) is 0. The van der Waals surface area contributed by atoms with E-state index < -0.39 is 16.7 Å². The molecular formula is C34H29N5O4S. The topological polar surface area (TPSA) is 90.2 Å². The van der Waals surface area contributed by atoms with Crippen LogP contribution in [0.3, 0.4) is 0 Å². The van der Waals surface area contributed by atoms with Crippen LogP contribution in [0, 0.1) is 10.1 Å². The number of carbonyl (C=O) groups excluding carboxylic acids is 2. The van der Waals surface area contributed by atoms with Crippen LogP contribution < -0.4 is 14.7 Å². The van der Waals surface area contributed by atoms with E-state index in [0.29, 0.717) is 35.7 Å². The Morgan fingerprint density at radius 1 is 0.727 bits per heavy atom. The summed E-state index contributed by atoms with van der Waals surface area (Å²) in [4.78, 5) is 46.4. The first-order valence-electron chi connectivity index (χ1n) is 14.2. The Hall–Kier alpha value is -5.19. The molecule has 0 saturated carbocycles. The number of nitrogens with zero attached hydrogens (tertiary/aromatic N) is 5. The van der Waals surface area contributed by atoms with Crippen molar-refractivity contribution in [3.8, 4) is 0 Å². The van der Waals surface area contributed by atoms with Crippen molar-refractivity contribution in [1.29, 1.82) is 0 Å². The molecule has 220 valence electrons. The molecule has 4 aromatic carbocycles. The molecule has 4 aromatic rings. The molecule has 2 fully saturated rings. The predicted octanol–water partition coefficient (Wildman–Crippen LogP) is 5.67. The Kier molecular flexibility index (Phi) is 8.27. The highest BCUT2D eigenvalue weighted by atomic mass is 32.1. The lowest BCUT2D eigenvalue weighted by molar-refractivity contribution is -0.384. The Morgan fingerprint density at radius 2 is 1.25 bits per heavy atom. The van der Waals surface area contributed by atoms with Gasteiger partial charge in [0.15, 0.2) is 5.11 Å². The highest BCUT2D eigenvalue weighted by Gasteiger charge is 2.41. The molecule has 0 radical (unpaired) electrons. The minimum Gasteiger partial charge on any atom is -0.363 e. The summed E-state index contributed by atoms with van der Waals surface area (Å²) in [7, 11) is 0. The summed E-state index contributed by atoms with van der Waals surface area (Å²) in [5.74, 6) is -1.20. The summed E-state index contributed by atoms with van der Waals surface area (Å²) in [6.45, 7) is 3.65. The third-order valence-electron chi connectivity index (χ3n) is 7.75. The largest absolute Gasteiger partial charge is 0.363 e. The van der Waals surface area contributed by atoms with Crippen LogP contribution in [0.15, 0.2) is 115 Å². The Balaban J connectivity index is 1.30. The number of rotatable bonds is 7. The van der Waals surface area contributed by atoms with Gasteiger partial charge in [0.1, 0.15) is 11.3 Å². The van der Waals surface area contributed by atoms with Gasteiger partial charge in [-0.15, -0.1) is 0 Å². The molecule has 44 heavy (non-hydrogen) atoms. The van der Waals surface area contributed by atoms with Crippen LogP contribution in [0.5, 0.6) is 0 Å². The zero-order valence-electron chi connectivity index (χ0n) is 23.8. The van der Waals surface area contributed by atoms with Gasteiger partial charge in [0.2, 0.25) is 0 Å². The monoisotopic (exact) mass is 603 g/mol. The standard InChI is InChI=1S/C34H29N5O4S/c40-32-29(33(41)38(28-14-8-3-9-15-28)34(44)37(32)27-12-6-2-7-13-27)22-26-16-17-30(31(23-26)39(42)43)36-20-18-35(19-21-36)24-25-10-4-1-5-11-25/h1-17,22-23H,18-21,24H2. The third-order valence-corrected chi connectivity index (χ3v) is 8.11. The van der Waals surface area contributed by atoms with Crippen LogP contribution in [-0.2, 0) is 16.1 Å². The van der Waals surface area contributed by atoms with E-state index in [9.17, 15) is 19.7 Å². The van der Waals surface area contributed by atoms with Gasteiger partial charge in [0.05, 0.1) is 16.3 Å². The molecule has 2 aliphatic rings. The van der Waals surface area contributed by atoms with Gasteiger partial charge >= 0.3 is 0 Å². The number of nitro groups is 1. The van der Waals surface area contributed by atoms with Crippen molar-refractivity contribution in [2.75, 3.05) is 40.9 Å². The number of anilines is 3. The molecule has 0 atom stereocenters. The molecule has 6 rings (SSSR count). The summed E-state index contributed by atoms with van der Waals surface area (Å²) < 4.78 is 0. The molecule has 9 nitrogen and oxygen atoms in total. The zero-order valence-corrected chi connectivity index (χ0v) is 24.6. The van der Waals surface area contributed by atoms with Gasteiger partial charge in [0, 0.05) is 38.8 Å². The fraction of sp³-hybridized carbons (Fsp3) is 0.147. The van der Waals surface area contributed by atoms with Gasteiger partial charge in [0.25, 0.3) is 17.5 Å². The fourth-order valence-corrected chi connectivity index (χ4v) is 5.91. The summed E-state index contributed by atoms with van der Waals surface area (Å²) in [5.41, 5.74) is 2.90. The second-order valence-corrected chi connectivity index (χ2v) is 10.9. The number of nitro benzene ring substituents is 1. The number of carbonyl (C=O) groups is 2. The average molecular weight is 604 g/mol. The Bertz CT molecular complexity index is 1680. The molecule has 0 N–H and O–H groups in total. The first kappa shape index (κ1) is 28.9. The maximum absolute atomic E-state index is 13.8. The first-order valence-corrected chi connectivity index (χ1v) is 14.7. The third kappa shape index (κ3) is 5.85. The van der Waals surface area contributed by atoms with Crippen molar-refractivity contribution in [2.24, 2.45) is 0 Å². The molecule has 0 aromatic heterocycles. The number of amides is 2. The predicted molar refractivity (Wildman–Crippen MR) is 175 cm³/mol. The minimum atomic E-state index is -0.598. The SMILES string of the molecule is O=C1C(=Cc2ccc(N3CCN(Cc4ccccc4)CC3)c([N+](=O)[O-])c2)C(=O)N(c2ccccc2)C(=S)N1c1ccccc1. The Labute approximate surface area is 260 Å². The number of hydrogen-bond acceptors (Lipinski definition) is 7. The van der Waals surface area contributed by atoms with Gasteiger partial charge < -0.3 is 4.90 Å². The smallest absolute Gasteiger partial charge is 0.293 e. The van der Waals surface area contributed by atoms with Gasteiger partial charge in [-0.25, -0.2) is 0 Å². The van der Waals surface area contributed by atoms with Crippen LogP contribution in [0.2, 0.25) is 0 Å². The normalized spacial score (nSPS) is 16.0. The molecule has 2 saturated heterocycles. The van der Waals surface area contributed by atoms with Crippen molar-refractivity contribution in [2.45, 2.75) is 6.54 Å². The van der Waals surface area contributed by atoms with Crippen molar-refractivity contribution in [3.63, 3.8) is 0 Å². The van der Waals surface area contributed by atoms with Gasteiger partial charge in [-0.1, -0.05) is 72.8 Å². The minimum absolute atomic E-state index is 0.0299. The number of para-hydroxylation sites is 2. The fourth-order valence-electron chi connectivity index (χ4n) is 5.54. The van der Waals surface area contributed by atoms with E-state index in [0.717, 1.165) is 19.6 Å². The molecule has 2 aliphatic heterocycles. The van der Waals surface area contributed by atoms with E-state index in [4.69, 9.17) is 12.2 Å². The van der Waals surface area contributed by atoms with Crippen LogP contribution in [-0.4, -0.2) is 52.9 Å². The lowest BCUT2D eigenvalue weighted by atomic mass is 10.0. The van der Waals surface area contributed by atoms with Crippen molar-refractivity contribution >= 4 is 58.0 Å². The zero-order chi connectivity index (χ0) is 30.6. The van der Waals surface area contributed by atoms with E-state index in [2.05, 4.69) is 17.0 Å². The van der Waals surface area contributed by atoms with Crippen molar-refractivity contribution in [1.82, 2.24) is 4.90 Å². The first-order chi connectivity index (χ1) is 21.4. The number of thiocarbonyl (C=S) groups is 1. The second-order valence-electron chi connectivity index (χ2n) is 10.5. The van der Waals surface area contributed by atoms with Gasteiger partial charge in [-0.3, -0.25) is 34.4 Å². The molecular weight excluding hydrogens is 574 g/mol. The van der Waals surface area contributed by atoms with Crippen molar-refractivity contribution < 1.29 is 14.5 Å².